The molecule has 188 valence electrons. The topological polar surface area (TPSA) is 94.6 Å². The van der Waals surface area contributed by atoms with Crippen LogP contribution in [0.1, 0.15) is 28.5 Å². The van der Waals surface area contributed by atoms with Crippen LogP contribution in [0.15, 0.2) is 53.9 Å². The molecule has 1 fully saturated rings. The number of halogens is 1. The first-order chi connectivity index (χ1) is 17.3. The molecule has 0 radical (unpaired) electrons. The van der Waals surface area contributed by atoms with Gasteiger partial charge in [-0.1, -0.05) is 48.0 Å². The van der Waals surface area contributed by atoms with Crippen LogP contribution < -0.4 is 10.6 Å². The first-order valence-corrected chi connectivity index (χ1v) is 12.9. The van der Waals surface area contributed by atoms with Crippen molar-refractivity contribution in [2.75, 3.05) is 31.5 Å². The van der Waals surface area contributed by atoms with Crippen LogP contribution in [0.4, 0.5) is 10.8 Å². The van der Waals surface area contributed by atoms with E-state index < -0.39 is 11.9 Å². The third-order valence-electron chi connectivity index (χ3n) is 6.10. The molecule has 2 aromatic carbocycles. The first-order valence-electron chi connectivity index (χ1n) is 11.7. The highest BCUT2D eigenvalue weighted by atomic mass is 35.5. The number of aromatic nitrogens is 1. The second kappa shape index (κ2) is 11.5. The Balaban J connectivity index is 1.47. The maximum Gasteiger partial charge on any atom is 0.271 e. The van der Waals surface area contributed by atoms with E-state index in [1.54, 1.807) is 21.2 Å². The van der Waals surface area contributed by atoms with Crippen LogP contribution in [0.25, 0.3) is 0 Å². The molecule has 1 atom stereocenters. The molecule has 1 unspecified atom stereocenters. The van der Waals surface area contributed by atoms with Gasteiger partial charge >= 0.3 is 0 Å². The molecule has 8 nitrogen and oxygen atoms in total. The van der Waals surface area contributed by atoms with Gasteiger partial charge in [0.2, 0.25) is 11.8 Å². The average Bonchev–Trinajstić information content (AvgIpc) is 3.35. The standard InChI is InChI=1S/C26H28ClN5O3S/c1-17-8-9-20(27)15-21(17)29-26-30-23(16-36-26)24(34)28-22(14-19-6-4-3-5-7-19)25(35)32-12-10-31(11-13-32)18(2)33/h3-9,15-16,22H,10-14H2,1-2H3,(H,28,34)(H,29,30). The number of amides is 3. The molecule has 2 heterocycles. The summed E-state index contributed by atoms with van der Waals surface area (Å²) in [4.78, 5) is 46.1. The SMILES string of the molecule is CC(=O)N1CCN(C(=O)C(Cc2ccccc2)NC(=O)c2csc(Nc3cc(Cl)ccc3C)n2)CC1. The Morgan fingerprint density at radius 1 is 1.06 bits per heavy atom. The van der Waals surface area contributed by atoms with Gasteiger partial charge in [0.15, 0.2) is 5.13 Å². The summed E-state index contributed by atoms with van der Waals surface area (Å²) < 4.78 is 0. The van der Waals surface area contributed by atoms with Gasteiger partial charge in [0.05, 0.1) is 0 Å². The van der Waals surface area contributed by atoms with E-state index in [-0.39, 0.29) is 17.5 Å². The zero-order chi connectivity index (χ0) is 25.7. The molecular weight excluding hydrogens is 498 g/mol. The smallest absolute Gasteiger partial charge is 0.271 e. The van der Waals surface area contributed by atoms with Gasteiger partial charge in [0.1, 0.15) is 11.7 Å². The molecule has 3 aromatic rings. The number of benzene rings is 2. The lowest BCUT2D eigenvalue weighted by Crippen LogP contribution is -2.56. The fourth-order valence-electron chi connectivity index (χ4n) is 4.02. The van der Waals surface area contributed by atoms with Crippen molar-refractivity contribution in [3.05, 3.63) is 75.8 Å². The van der Waals surface area contributed by atoms with Crippen molar-refractivity contribution in [3.63, 3.8) is 0 Å². The van der Waals surface area contributed by atoms with E-state index in [2.05, 4.69) is 15.6 Å². The molecule has 1 saturated heterocycles. The number of piperazine rings is 1. The molecule has 0 spiro atoms. The van der Waals surface area contributed by atoms with E-state index in [4.69, 9.17) is 11.6 Å². The maximum absolute atomic E-state index is 13.4. The number of aryl methyl sites for hydroxylation is 1. The minimum Gasteiger partial charge on any atom is -0.339 e. The molecule has 36 heavy (non-hydrogen) atoms. The first kappa shape index (κ1) is 25.7. The summed E-state index contributed by atoms with van der Waals surface area (Å²) in [6.07, 6.45) is 0.356. The summed E-state index contributed by atoms with van der Waals surface area (Å²) in [7, 11) is 0. The number of hydrogen-bond acceptors (Lipinski definition) is 6. The van der Waals surface area contributed by atoms with Crippen LogP contribution in [0.2, 0.25) is 5.02 Å². The molecule has 2 N–H and O–H groups in total. The predicted molar refractivity (Wildman–Crippen MR) is 142 cm³/mol. The van der Waals surface area contributed by atoms with Gasteiger partial charge in [-0.3, -0.25) is 14.4 Å². The fourth-order valence-corrected chi connectivity index (χ4v) is 4.90. The molecule has 0 bridgehead atoms. The van der Waals surface area contributed by atoms with Crippen LogP contribution >= 0.6 is 22.9 Å². The van der Waals surface area contributed by atoms with E-state index in [1.165, 1.54) is 18.3 Å². The number of nitrogens with one attached hydrogen (secondary N) is 2. The van der Waals surface area contributed by atoms with Crippen molar-refractivity contribution in [2.24, 2.45) is 0 Å². The average molecular weight is 526 g/mol. The summed E-state index contributed by atoms with van der Waals surface area (Å²) >= 11 is 7.40. The number of nitrogens with zero attached hydrogens (tertiary/aromatic N) is 3. The number of carbonyl (C=O) groups excluding carboxylic acids is 3. The largest absolute Gasteiger partial charge is 0.339 e. The summed E-state index contributed by atoms with van der Waals surface area (Å²) in [5.74, 6) is -0.588. The van der Waals surface area contributed by atoms with Crippen LogP contribution in [-0.2, 0) is 16.0 Å². The number of rotatable bonds is 7. The molecule has 3 amide bonds. The van der Waals surface area contributed by atoms with Crippen molar-refractivity contribution >= 4 is 51.5 Å². The van der Waals surface area contributed by atoms with E-state index in [9.17, 15) is 14.4 Å². The lowest BCUT2D eigenvalue weighted by atomic mass is 10.0. The van der Waals surface area contributed by atoms with Crippen molar-refractivity contribution < 1.29 is 14.4 Å². The number of carbonyl (C=O) groups is 3. The van der Waals surface area contributed by atoms with Crippen molar-refractivity contribution in [1.29, 1.82) is 0 Å². The Hall–Kier alpha value is -3.43. The summed E-state index contributed by atoms with van der Waals surface area (Å²) in [5.41, 5.74) is 2.98. The van der Waals surface area contributed by atoms with Crippen LogP contribution in [0.3, 0.4) is 0 Å². The monoisotopic (exact) mass is 525 g/mol. The van der Waals surface area contributed by atoms with Gasteiger partial charge in [0.25, 0.3) is 5.91 Å². The zero-order valence-electron chi connectivity index (χ0n) is 20.2. The quantitative estimate of drug-likeness (QED) is 0.488. The molecule has 0 saturated carbocycles. The van der Waals surface area contributed by atoms with Crippen molar-refractivity contribution in [3.8, 4) is 0 Å². The molecule has 0 aliphatic carbocycles. The van der Waals surface area contributed by atoms with Gasteiger partial charge in [-0.15, -0.1) is 11.3 Å². The van der Waals surface area contributed by atoms with E-state index >= 15 is 0 Å². The minimum atomic E-state index is -0.753. The van der Waals surface area contributed by atoms with Crippen molar-refractivity contribution in [2.45, 2.75) is 26.3 Å². The number of hydrogen-bond donors (Lipinski definition) is 2. The van der Waals surface area contributed by atoms with Gasteiger partial charge in [0, 0.05) is 55.6 Å². The number of thiazole rings is 1. The molecule has 1 aliphatic rings. The second-order valence-electron chi connectivity index (χ2n) is 8.67. The maximum atomic E-state index is 13.4. The number of anilines is 2. The zero-order valence-corrected chi connectivity index (χ0v) is 21.7. The predicted octanol–water partition coefficient (Wildman–Crippen LogP) is 3.88. The van der Waals surface area contributed by atoms with Gasteiger partial charge in [-0.05, 0) is 30.2 Å². The van der Waals surface area contributed by atoms with E-state index in [0.717, 1.165) is 16.8 Å². The summed E-state index contributed by atoms with van der Waals surface area (Å²) in [6, 6.07) is 14.3. The Kier molecular flexibility index (Phi) is 8.22. The third kappa shape index (κ3) is 6.41. The summed E-state index contributed by atoms with van der Waals surface area (Å²) in [5, 5.41) is 8.91. The normalized spacial score (nSPS) is 14.3. The minimum absolute atomic E-state index is 0.00264. The highest BCUT2D eigenvalue weighted by Crippen LogP contribution is 2.26. The lowest BCUT2D eigenvalue weighted by molar-refractivity contribution is -0.139. The van der Waals surface area contributed by atoms with Crippen molar-refractivity contribution in [1.82, 2.24) is 20.1 Å². The van der Waals surface area contributed by atoms with E-state index in [0.29, 0.717) is 42.8 Å². The Morgan fingerprint density at radius 2 is 1.75 bits per heavy atom. The summed E-state index contributed by atoms with van der Waals surface area (Å²) in [6.45, 7) is 5.32. The van der Waals surface area contributed by atoms with Crippen LogP contribution in [-0.4, -0.2) is 64.7 Å². The second-order valence-corrected chi connectivity index (χ2v) is 9.96. The molecule has 4 rings (SSSR count). The highest BCUT2D eigenvalue weighted by Gasteiger charge is 2.30. The van der Waals surface area contributed by atoms with Crippen LogP contribution in [0.5, 0.6) is 0 Å². The fraction of sp³-hybridized carbons (Fsp3) is 0.308. The van der Waals surface area contributed by atoms with Gasteiger partial charge < -0.3 is 20.4 Å². The van der Waals surface area contributed by atoms with Gasteiger partial charge in [-0.2, -0.15) is 0 Å². The van der Waals surface area contributed by atoms with Gasteiger partial charge in [-0.25, -0.2) is 4.98 Å². The van der Waals surface area contributed by atoms with E-state index in [1.807, 2.05) is 49.4 Å². The molecule has 10 heteroatoms. The molecule has 1 aromatic heterocycles. The Morgan fingerprint density at radius 3 is 2.44 bits per heavy atom. The van der Waals surface area contributed by atoms with Crippen LogP contribution in [0, 0.1) is 6.92 Å². The third-order valence-corrected chi connectivity index (χ3v) is 7.09. The molecule has 1 aliphatic heterocycles. The highest BCUT2D eigenvalue weighted by molar-refractivity contribution is 7.14. The lowest BCUT2D eigenvalue weighted by Gasteiger charge is -2.36. The Bertz CT molecular complexity index is 1240. The Labute approximate surface area is 219 Å². The molecular formula is C26H28ClN5O3S.